The Morgan fingerprint density at radius 2 is 1.70 bits per heavy atom. The van der Waals surface area contributed by atoms with Gasteiger partial charge in [-0.1, -0.05) is 42.3 Å². The molecule has 7 heteroatoms. The van der Waals surface area contributed by atoms with Crippen molar-refractivity contribution in [1.29, 1.82) is 0 Å². The molecule has 1 atom stereocenters. The van der Waals surface area contributed by atoms with Gasteiger partial charge in [0.2, 0.25) is 5.91 Å². The maximum atomic E-state index is 13.4. The van der Waals surface area contributed by atoms with Gasteiger partial charge in [-0.2, -0.15) is 0 Å². The van der Waals surface area contributed by atoms with Crippen molar-refractivity contribution in [2.45, 2.75) is 73.0 Å². The number of amides is 2. The van der Waals surface area contributed by atoms with Crippen LogP contribution < -0.4 is 10.1 Å². The molecule has 0 saturated carbocycles. The Balaban J connectivity index is 2.36. The van der Waals surface area contributed by atoms with Crippen LogP contribution in [0.15, 0.2) is 30.3 Å². The van der Waals surface area contributed by atoms with Crippen molar-refractivity contribution >= 4 is 35.0 Å². The van der Waals surface area contributed by atoms with Gasteiger partial charge in [0.15, 0.2) is 6.61 Å². The monoisotopic (exact) mass is 492 g/mol. The quantitative estimate of drug-likeness (QED) is 0.489. The van der Waals surface area contributed by atoms with E-state index < -0.39 is 11.6 Å². The average molecular weight is 493 g/mol. The summed E-state index contributed by atoms with van der Waals surface area (Å²) < 4.78 is 5.93. The molecule has 0 unspecified atom stereocenters. The second kappa shape index (κ2) is 11.3. The summed E-state index contributed by atoms with van der Waals surface area (Å²) in [5.41, 5.74) is 3.28. The van der Waals surface area contributed by atoms with Gasteiger partial charge in [0, 0.05) is 27.7 Å². The van der Waals surface area contributed by atoms with E-state index in [9.17, 15) is 9.59 Å². The molecule has 0 aromatic heterocycles. The van der Waals surface area contributed by atoms with Crippen LogP contribution in [0.1, 0.15) is 56.4 Å². The minimum absolute atomic E-state index is 0.0998. The third kappa shape index (κ3) is 7.38. The van der Waals surface area contributed by atoms with E-state index in [0.717, 1.165) is 16.7 Å². The van der Waals surface area contributed by atoms with Crippen molar-refractivity contribution in [1.82, 2.24) is 10.2 Å². The number of aryl methyl sites for hydroxylation is 2. The maximum Gasteiger partial charge on any atom is 0.261 e. The molecule has 2 aromatic rings. The SMILES string of the molecule is CC[C@H](C(=O)NC(C)(C)C)N(Cc1c(Cl)cccc1Cl)C(=O)COc1cc(C)cc(C)c1C. The maximum absolute atomic E-state index is 13.4. The predicted molar refractivity (Wildman–Crippen MR) is 135 cm³/mol. The van der Waals surface area contributed by atoms with Crippen molar-refractivity contribution < 1.29 is 14.3 Å². The first-order valence-electron chi connectivity index (χ1n) is 11.1. The molecule has 180 valence electrons. The lowest BCUT2D eigenvalue weighted by Gasteiger charge is -2.33. The summed E-state index contributed by atoms with van der Waals surface area (Å²) in [7, 11) is 0. The van der Waals surface area contributed by atoms with Crippen LogP contribution in [0.4, 0.5) is 0 Å². The van der Waals surface area contributed by atoms with E-state index in [1.807, 2.05) is 54.5 Å². The molecule has 2 amide bonds. The molecule has 0 heterocycles. The first kappa shape index (κ1) is 27.0. The van der Waals surface area contributed by atoms with Crippen LogP contribution >= 0.6 is 23.2 Å². The van der Waals surface area contributed by atoms with E-state index in [-0.39, 0.29) is 25.0 Å². The third-order valence-electron chi connectivity index (χ3n) is 5.39. The van der Waals surface area contributed by atoms with Crippen LogP contribution in [0.2, 0.25) is 10.0 Å². The zero-order valence-corrected chi connectivity index (χ0v) is 22.0. The smallest absolute Gasteiger partial charge is 0.261 e. The van der Waals surface area contributed by atoms with Gasteiger partial charge in [-0.3, -0.25) is 9.59 Å². The Morgan fingerprint density at radius 3 is 2.24 bits per heavy atom. The standard InChI is InChI=1S/C26H34Cl2N2O3/c1-8-22(25(32)29-26(5,6)7)30(14-19-20(27)10-9-11-21(19)28)24(31)15-33-23-13-16(2)12-17(3)18(23)4/h9-13,22H,8,14-15H2,1-7H3,(H,29,32)/t22-/m1/s1. The lowest BCUT2D eigenvalue weighted by molar-refractivity contribution is -0.143. The molecule has 0 aliphatic heterocycles. The molecular formula is C26H34Cl2N2O3. The molecule has 0 aliphatic carbocycles. The summed E-state index contributed by atoms with van der Waals surface area (Å²) in [5, 5.41) is 3.86. The van der Waals surface area contributed by atoms with Gasteiger partial charge >= 0.3 is 0 Å². The lowest BCUT2D eigenvalue weighted by atomic mass is 10.1. The summed E-state index contributed by atoms with van der Waals surface area (Å²) in [6, 6.07) is 8.46. The van der Waals surface area contributed by atoms with Crippen LogP contribution in [-0.4, -0.2) is 34.9 Å². The van der Waals surface area contributed by atoms with Gasteiger partial charge in [0.05, 0.1) is 0 Å². The second-order valence-electron chi connectivity index (χ2n) is 9.38. The topological polar surface area (TPSA) is 58.6 Å². The Kier molecular flexibility index (Phi) is 9.21. The van der Waals surface area contributed by atoms with Crippen LogP contribution in [-0.2, 0) is 16.1 Å². The summed E-state index contributed by atoms with van der Waals surface area (Å²) in [6.07, 6.45) is 0.429. The molecule has 0 bridgehead atoms. The molecule has 0 fully saturated rings. The first-order valence-corrected chi connectivity index (χ1v) is 11.8. The molecule has 33 heavy (non-hydrogen) atoms. The van der Waals surface area contributed by atoms with Crippen LogP contribution in [0.5, 0.6) is 5.75 Å². The third-order valence-corrected chi connectivity index (χ3v) is 6.10. The predicted octanol–water partition coefficient (Wildman–Crippen LogP) is 6.02. The van der Waals surface area contributed by atoms with Crippen LogP contribution in [0.3, 0.4) is 0 Å². The summed E-state index contributed by atoms with van der Waals surface area (Å²) in [6.45, 7) is 13.4. The van der Waals surface area contributed by atoms with Crippen molar-refractivity contribution in [3.8, 4) is 5.75 Å². The molecule has 0 saturated heterocycles. The van der Waals surface area contributed by atoms with E-state index in [1.54, 1.807) is 18.2 Å². The number of halogens is 2. The van der Waals surface area contributed by atoms with Crippen molar-refractivity contribution in [3.05, 3.63) is 62.6 Å². The highest BCUT2D eigenvalue weighted by Gasteiger charge is 2.31. The Bertz CT molecular complexity index is 995. The number of nitrogens with one attached hydrogen (secondary N) is 1. The van der Waals surface area contributed by atoms with E-state index in [1.165, 1.54) is 4.90 Å². The number of benzene rings is 2. The fraction of sp³-hybridized carbons (Fsp3) is 0.462. The highest BCUT2D eigenvalue weighted by molar-refractivity contribution is 6.36. The summed E-state index contributed by atoms with van der Waals surface area (Å²) >= 11 is 12.8. The van der Waals surface area contributed by atoms with Crippen LogP contribution in [0, 0.1) is 20.8 Å². The van der Waals surface area contributed by atoms with E-state index in [2.05, 4.69) is 11.4 Å². The van der Waals surface area contributed by atoms with Gasteiger partial charge in [-0.05, 0) is 82.9 Å². The molecular weight excluding hydrogens is 459 g/mol. The number of rotatable bonds is 8. The zero-order chi connectivity index (χ0) is 24.9. The Labute approximate surface area is 207 Å². The fourth-order valence-electron chi connectivity index (χ4n) is 3.60. The van der Waals surface area contributed by atoms with Gasteiger partial charge in [-0.25, -0.2) is 0 Å². The number of carbonyl (C=O) groups is 2. The highest BCUT2D eigenvalue weighted by atomic mass is 35.5. The van der Waals surface area contributed by atoms with E-state index >= 15 is 0 Å². The minimum atomic E-state index is -0.701. The van der Waals surface area contributed by atoms with Gasteiger partial charge < -0.3 is 15.0 Å². The molecule has 2 rings (SSSR count). The van der Waals surface area contributed by atoms with Crippen molar-refractivity contribution in [3.63, 3.8) is 0 Å². The second-order valence-corrected chi connectivity index (χ2v) is 10.2. The number of nitrogens with zero attached hydrogens (tertiary/aromatic N) is 1. The van der Waals surface area contributed by atoms with Gasteiger partial charge in [0.1, 0.15) is 11.8 Å². The van der Waals surface area contributed by atoms with Crippen LogP contribution in [0.25, 0.3) is 0 Å². The van der Waals surface area contributed by atoms with E-state index in [4.69, 9.17) is 27.9 Å². The van der Waals surface area contributed by atoms with Crippen molar-refractivity contribution in [2.24, 2.45) is 0 Å². The largest absolute Gasteiger partial charge is 0.483 e. The van der Waals surface area contributed by atoms with Gasteiger partial charge in [-0.15, -0.1) is 0 Å². The summed E-state index contributed by atoms with van der Waals surface area (Å²) in [5.74, 6) is 0.105. The fourth-order valence-corrected chi connectivity index (χ4v) is 4.12. The molecule has 2 aromatic carbocycles. The normalized spacial score (nSPS) is 12.3. The number of hydrogen-bond donors (Lipinski definition) is 1. The number of hydrogen-bond acceptors (Lipinski definition) is 3. The zero-order valence-electron chi connectivity index (χ0n) is 20.5. The minimum Gasteiger partial charge on any atom is -0.483 e. The number of carbonyl (C=O) groups excluding carboxylic acids is 2. The Morgan fingerprint density at radius 1 is 1.09 bits per heavy atom. The molecule has 0 spiro atoms. The molecule has 1 N–H and O–H groups in total. The summed E-state index contributed by atoms with van der Waals surface area (Å²) in [4.78, 5) is 28.0. The van der Waals surface area contributed by atoms with Gasteiger partial charge in [0.25, 0.3) is 5.91 Å². The average Bonchev–Trinajstić information content (AvgIpc) is 2.70. The highest BCUT2D eigenvalue weighted by Crippen LogP contribution is 2.28. The number of ether oxygens (including phenoxy) is 1. The van der Waals surface area contributed by atoms with Crippen molar-refractivity contribution in [2.75, 3.05) is 6.61 Å². The molecule has 5 nitrogen and oxygen atoms in total. The Hall–Kier alpha value is -2.24. The molecule has 0 radical (unpaired) electrons. The molecule has 0 aliphatic rings. The van der Waals surface area contributed by atoms with E-state index in [0.29, 0.717) is 27.8 Å². The first-order chi connectivity index (χ1) is 15.3. The lowest BCUT2D eigenvalue weighted by Crippen LogP contribution is -2.54.